The molecule has 0 radical (unpaired) electrons. The van der Waals surface area contributed by atoms with Crippen molar-refractivity contribution in [2.75, 3.05) is 26.3 Å². The minimum absolute atomic E-state index is 0.127. The average molecular weight is 196 g/mol. The van der Waals surface area contributed by atoms with E-state index in [9.17, 15) is 4.79 Å². The van der Waals surface area contributed by atoms with Crippen LogP contribution in [0.3, 0.4) is 0 Å². The summed E-state index contributed by atoms with van der Waals surface area (Å²) in [5.74, 6) is 0.767. The molecular weight excluding hydrogens is 184 g/mol. The summed E-state index contributed by atoms with van der Waals surface area (Å²) in [5, 5.41) is 6.47. The number of aromatic nitrogens is 3. The summed E-state index contributed by atoms with van der Waals surface area (Å²) in [5.41, 5.74) is 0. The van der Waals surface area contributed by atoms with Crippen molar-refractivity contribution in [3.05, 3.63) is 11.6 Å². The zero-order valence-corrected chi connectivity index (χ0v) is 7.99. The molecule has 0 aliphatic carbocycles. The van der Waals surface area contributed by atoms with Crippen molar-refractivity contribution >= 4 is 5.91 Å². The Bertz CT molecular complexity index is 330. The highest BCUT2D eigenvalue weighted by Gasteiger charge is 2.21. The molecular formula is C8H12N4O2. The fourth-order valence-electron chi connectivity index (χ4n) is 1.35. The lowest BCUT2D eigenvalue weighted by atomic mass is 10.4. The first-order chi connectivity index (χ1) is 6.77. The SMILES string of the molecule is Cc1nc(C(=O)N2CCOCC2)n[nH]1. The van der Waals surface area contributed by atoms with Crippen molar-refractivity contribution in [2.45, 2.75) is 6.92 Å². The molecule has 2 rings (SSSR count). The van der Waals surface area contributed by atoms with Crippen molar-refractivity contribution in [2.24, 2.45) is 0 Å². The van der Waals surface area contributed by atoms with E-state index in [-0.39, 0.29) is 11.7 Å². The van der Waals surface area contributed by atoms with Gasteiger partial charge in [-0.1, -0.05) is 0 Å². The van der Waals surface area contributed by atoms with Crippen LogP contribution in [0.25, 0.3) is 0 Å². The molecule has 1 aromatic rings. The molecule has 2 heterocycles. The lowest BCUT2D eigenvalue weighted by Gasteiger charge is -2.25. The number of hydrogen-bond acceptors (Lipinski definition) is 4. The monoisotopic (exact) mass is 196 g/mol. The average Bonchev–Trinajstić information content (AvgIpc) is 2.65. The van der Waals surface area contributed by atoms with Crippen LogP contribution in [0.4, 0.5) is 0 Å². The molecule has 0 atom stereocenters. The fourth-order valence-corrected chi connectivity index (χ4v) is 1.35. The quantitative estimate of drug-likeness (QED) is 0.662. The number of amides is 1. The van der Waals surface area contributed by atoms with Gasteiger partial charge in [0.1, 0.15) is 5.82 Å². The van der Waals surface area contributed by atoms with Crippen LogP contribution in [-0.4, -0.2) is 52.3 Å². The van der Waals surface area contributed by atoms with E-state index in [1.54, 1.807) is 11.8 Å². The summed E-state index contributed by atoms with van der Waals surface area (Å²) >= 11 is 0. The van der Waals surface area contributed by atoms with Gasteiger partial charge >= 0.3 is 0 Å². The Kier molecular flexibility index (Phi) is 2.45. The third-order valence-electron chi connectivity index (χ3n) is 2.09. The van der Waals surface area contributed by atoms with Gasteiger partial charge < -0.3 is 9.64 Å². The Morgan fingerprint density at radius 2 is 2.21 bits per heavy atom. The summed E-state index contributed by atoms with van der Waals surface area (Å²) in [6.45, 7) is 4.19. The van der Waals surface area contributed by atoms with E-state index >= 15 is 0 Å². The van der Waals surface area contributed by atoms with E-state index in [0.717, 1.165) is 0 Å². The van der Waals surface area contributed by atoms with Crippen LogP contribution in [0.15, 0.2) is 0 Å². The van der Waals surface area contributed by atoms with Crippen molar-refractivity contribution in [1.82, 2.24) is 20.1 Å². The van der Waals surface area contributed by atoms with Crippen LogP contribution in [0, 0.1) is 6.92 Å². The van der Waals surface area contributed by atoms with Crippen LogP contribution >= 0.6 is 0 Å². The molecule has 6 nitrogen and oxygen atoms in total. The summed E-state index contributed by atoms with van der Waals surface area (Å²) in [7, 11) is 0. The van der Waals surface area contributed by atoms with Gasteiger partial charge in [-0.05, 0) is 6.92 Å². The number of hydrogen-bond donors (Lipinski definition) is 1. The molecule has 1 N–H and O–H groups in total. The zero-order chi connectivity index (χ0) is 9.97. The number of carbonyl (C=O) groups excluding carboxylic acids is 1. The smallest absolute Gasteiger partial charge is 0.293 e. The minimum Gasteiger partial charge on any atom is -0.378 e. The zero-order valence-electron chi connectivity index (χ0n) is 7.99. The predicted octanol–water partition coefficient (Wildman–Crippen LogP) is -0.414. The number of morpholine rings is 1. The highest BCUT2D eigenvalue weighted by atomic mass is 16.5. The van der Waals surface area contributed by atoms with Crippen molar-refractivity contribution in [3.8, 4) is 0 Å². The third-order valence-corrected chi connectivity index (χ3v) is 2.09. The van der Waals surface area contributed by atoms with Crippen molar-refractivity contribution in [1.29, 1.82) is 0 Å². The highest BCUT2D eigenvalue weighted by Crippen LogP contribution is 2.02. The molecule has 1 aliphatic rings. The first kappa shape index (κ1) is 9.14. The van der Waals surface area contributed by atoms with Gasteiger partial charge in [0.05, 0.1) is 13.2 Å². The van der Waals surface area contributed by atoms with Crippen LogP contribution in [0.2, 0.25) is 0 Å². The van der Waals surface area contributed by atoms with Gasteiger partial charge in [-0.3, -0.25) is 9.89 Å². The van der Waals surface area contributed by atoms with E-state index in [2.05, 4.69) is 15.2 Å². The van der Waals surface area contributed by atoms with E-state index in [0.29, 0.717) is 32.1 Å². The maximum absolute atomic E-state index is 11.7. The topological polar surface area (TPSA) is 71.1 Å². The first-order valence-corrected chi connectivity index (χ1v) is 4.53. The number of ether oxygens (including phenoxy) is 1. The third kappa shape index (κ3) is 1.74. The van der Waals surface area contributed by atoms with Crippen LogP contribution in [0.5, 0.6) is 0 Å². The lowest BCUT2D eigenvalue weighted by molar-refractivity contribution is 0.0295. The second kappa shape index (κ2) is 3.75. The van der Waals surface area contributed by atoms with Gasteiger partial charge in [-0.2, -0.15) is 0 Å². The molecule has 14 heavy (non-hydrogen) atoms. The summed E-state index contributed by atoms with van der Waals surface area (Å²) in [6, 6.07) is 0. The van der Waals surface area contributed by atoms with Crippen LogP contribution < -0.4 is 0 Å². The Labute approximate surface area is 81.3 Å². The van der Waals surface area contributed by atoms with Gasteiger partial charge in [0.2, 0.25) is 5.82 Å². The molecule has 1 amide bonds. The Hall–Kier alpha value is -1.43. The highest BCUT2D eigenvalue weighted by molar-refractivity contribution is 5.90. The summed E-state index contributed by atoms with van der Waals surface area (Å²) in [4.78, 5) is 17.4. The van der Waals surface area contributed by atoms with E-state index in [4.69, 9.17) is 4.74 Å². The number of aryl methyl sites for hydroxylation is 1. The predicted molar refractivity (Wildman–Crippen MR) is 47.8 cm³/mol. The van der Waals surface area contributed by atoms with Crippen molar-refractivity contribution < 1.29 is 9.53 Å². The standard InChI is InChI=1S/C8H12N4O2/c1-6-9-7(11-10-6)8(13)12-2-4-14-5-3-12/h2-5H2,1H3,(H,9,10,11). The van der Waals surface area contributed by atoms with Crippen molar-refractivity contribution in [3.63, 3.8) is 0 Å². The van der Waals surface area contributed by atoms with Gasteiger partial charge in [-0.25, -0.2) is 4.98 Å². The van der Waals surface area contributed by atoms with Gasteiger partial charge in [0, 0.05) is 13.1 Å². The molecule has 0 unspecified atom stereocenters. The summed E-state index contributed by atoms with van der Waals surface area (Å²) < 4.78 is 5.15. The van der Waals surface area contributed by atoms with E-state index < -0.39 is 0 Å². The molecule has 6 heteroatoms. The minimum atomic E-state index is -0.127. The van der Waals surface area contributed by atoms with Crippen LogP contribution in [-0.2, 0) is 4.74 Å². The second-order valence-electron chi connectivity index (χ2n) is 3.15. The van der Waals surface area contributed by atoms with E-state index in [1.807, 2.05) is 0 Å². The molecule has 0 spiro atoms. The number of carbonyl (C=O) groups is 1. The number of H-pyrrole nitrogens is 1. The second-order valence-corrected chi connectivity index (χ2v) is 3.15. The molecule has 0 saturated carbocycles. The Morgan fingerprint density at radius 3 is 2.79 bits per heavy atom. The number of nitrogens with zero attached hydrogens (tertiary/aromatic N) is 3. The maximum atomic E-state index is 11.7. The molecule has 1 aliphatic heterocycles. The van der Waals surface area contributed by atoms with Gasteiger partial charge in [-0.15, -0.1) is 5.10 Å². The molecule has 1 aromatic heterocycles. The molecule has 0 bridgehead atoms. The largest absolute Gasteiger partial charge is 0.378 e. The fraction of sp³-hybridized carbons (Fsp3) is 0.625. The van der Waals surface area contributed by atoms with Crippen LogP contribution in [0.1, 0.15) is 16.4 Å². The van der Waals surface area contributed by atoms with Gasteiger partial charge in [0.25, 0.3) is 5.91 Å². The van der Waals surface area contributed by atoms with E-state index in [1.165, 1.54) is 0 Å². The molecule has 1 fully saturated rings. The molecule has 76 valence electrons. The number of aromatic amines is 1. The Morgan fingerprint density at radius 1 is 1.50 bits per heavy atom. The Balaban J connectivity index is 2.07. The number of rotatable bonds is 1. The molecule has 0 aromatic carbocycles. The maximum Gasteiger partial charge on any atom is 0.293 e. The lowest BCUT2D eigenvalue weighted by Crippen LogP contribution is -2.41. The normalized spacial score (nSPS) is 17.1. The molecule has 1 saturated heterocycles. The number of nitrogens with one attached hydrogen (secondary N) is 1. The summed E-state index contributed by atoms with van der Waals surface area (Å²) in [6.07, 6.45) is 0. The van der Waals surface area contributed by atoms with Gasteiger partial charge in [0.15, 0.2) is 0 Å². The first-order valence-electron chi connectivity index (χ1n) is 4.53.